The SMILES string of the molecule is CC(C)c1nccc(-c2cc(F)cc(Cl)c2)c1Cc1cnc[nH]1. The summed E-state index contributed by atoms with van der Waals surface area (Å²) in [7, 11) is 0. The number of nitrogens with one attached hydrogen (secondary N) is 1. The largest absolute Gasteiger partial charge is 0.348 e. The first-order valence-electron chi connectivity index (χ1n) is 7.46. The van der Waals surface area contributed by atoms with Crippen molar-refractivity contribution in [1.82, 2.24) is 15.0 Å². The van der Waals surface area contributed by atoms with Gasteiger partial charge in [0.05, 0.1) is 6.33 Å². The number of aromatic amines is 1. The Labute approximate surface area is 139 Å². The Balaban J connectivity index is 2.17. The van der Waals surface area contributed by atoms with Gasteiger partial charge in [0, 0.05) is 35.2 Å². The summed E-state index contributed by atoms with van der Waals surface area (Å²) in [5.41, 5.74) is 4.75. The van der Waals surface area contributed by atoms with E-state index in [9.17, 15) is 4.39 Å². The Hall–Kier alpha value is -2.20. The molecule has 3 aromatic rings. The summed E-state index contributed by atoms with van der Waals surface area (Å²) in [6.45, 7) is 4.20. The molecule has 0 aliphatic rings. The second kappa shape index (κ2) is 6.50. The van der Waals surface area contributed by atoms with Gasteiger partial charge < -0.3 is 4.98 Å². The van der Waals surface area contributed by atoms with Crippen LogP contribution in [0.2, 0.25) is 5.02 Å². The van der Waals surface area contributed by atoms with Gasteiger partial charge >= 0.3 is 0 Å². The van der Waals surface area contributed by atoms with E-state index in [1.807, 2.05) is 6.07 Å². The zero-order valence-electron chi connectivity index (χ0n) is 13.0. The van der Waals surface area contributed by atoms with Crippen LogP contribution in [0.3, 0.4) is 0 Å². The van der Waals surface area contributed by atoms with Crippen LogP contribution in [0.4, 0.5) is 4.39 Å². The molecule has 0 aliphatic heterocycles. The molecule has 2 heterocycles. The summed E-state index contributed by atoms with van der Waals surface area (Å²) < 4.78 is 13.8. The molecule has 0 saturated heterocycles. The van der Waals surface area contributed by atoms with Gasteiger partial charge in [0.1, 0.15) is 5.82 Å². The lowest BCUT2D eigenvalue weighted by Crippen LogP contribution is -2.04. The maximum absolute atomic E-state index is 13.8. The van der Waals surface area contributed by atoms with Crippen molar-refractivity contribution in [2.24, 2.45) is 0 Å². The van der Waals surface area contributed by atoms with Crippen molar-refractivity contribution in [2.75, 3.05) is 0 Å². The van der Waals surface area contributed by atoms with Gasteiger partial charge in [-0.05, 0) is 46.9 Å². The number of nitrogens with zero attached hydrogens (tertiary/aromatic N) is 2. The van der Waals surface area contributed by atoms with Crippen LogP contribution in [0.15, 0.2) is 43.0 Å². The fourth-order valence-electron chi connectivity index (χ4n) is 2.74. The second-order valence-corrected chi connectivity index (χ2v) is 6.23. The van der Waals surface area contributed by atoms with E-state index in [4.69, 9.17) is 11.6 Å². The lowest BCUT2D eigenvalue weighted by Gasteiger charge is -2.16. The highest BCUT2D eigenvalue weighted by Gasteiger charge is 2.16. The Morgan fingerprint density at radius 1 is 1.26 bits per heavy atom. The molecule has 3 nitrogen and oxygen atoms in total. The van der Waals surface area contributed by atoms with Gasteiger partial charge in [-0.2, -0.15) is 0 Å². The summed E-state index contributed by atoms with van der Waals surface area (Å²) >= 11 is 6.03. The third kappa shape index (κ3) is 3.42. The highest BCUT2D eigenvalue weighted by atomic mass is 35.5. The topological polar surface area (TPSA) is 41.6 Å². The minimum Gasteiger partial charge on any atom is -0.348 e. The van der Waals surface area contributed by atoms with Crippen LogP contribution in [0.25, 0.3) is 11.1 Å². The molecule has 0 saturated carbocycles. The van der Waals surface area contributed by atoms with E-state index in [0.29, 0.717) is 11.4 Å². The van der Waals surface area contributed by atoms with E-state index in [1.165, 1.54) is 12.1 Å². The van der Waals surface area contributed by atoms with Crippen LogP contribution in [0.1, 0.15) is 36.7 Å². The Morgan fingerprint density at radius 3 is 2.74 bits per heavy atom. The van der Waals surface area contributed by atoms with Crippen molar-refractivity contribution in [3.8, 4) is 11.1 Å². The molecular weight excluding hydrogens is 313 g/mol. The van der Waals surface area contributed by atoms with E-state index in [0.717, 1.165) is 28.1 Å². The zero-order valence-corrected chi connectivity index (χ0v) is 13.7. The van der Waals surface area contributed by atoms with Gasteiger partial charge in [0.25, 0.3) is 0 Å². The lowest BCUT2D eigenvalue weighted by atomic mass is 9.92. The summed E-state index contributed by atoms with van der Waals surface area (Å²) in [5, 5.41) is 0.385. The van der Waals surface area contributed by atoms with Crippen LogP contribution < -0.4 is 0 Å². The van der Waals surface area contributed by atoms with Crippen LogP contribution in [0.5, 0.6) is 0 Å². The number of pyridine rings is 1. The zero-order chi connectivity index (χ0) is 16.4. The molecule has 3 rings (SSSR count). The smallest absolute Gasteiger partial charge is 0.125 e. The number of aromatic nitrogens is 3. The normalized spacial score (nSPS) is 11.2. The number of rotatable bonds is 4. The predicted molar refractivity (Wildman–Crippen MR) is 90.1 cm³/mol. The third-order valence-corrected chi connectivity index (χ3v) is 3.95. The summed E-state index contributed by atoms with van der Waals surface area (Å²) in [5.74, 6) is -0.0835. The molecule has 5 heteroatoms. The minimum atomic E-state index is -0.345. The fraction of sp³-hybridized carbons (Fsp3) is 0.222. The molecule has 23 heavy (non-hydrogen) atoms. The molecular formula is C18H17ClFN3. The van der Waals surface area contributed by atoms with Gasteiger partial charge in [-0.1, -0.05) is 25.4 Å². The van der Waals surface area contributed by atoms with Gasteiger partial charge in [0.2, 0.25) is 0 Å². The maximum atomic E-state index is 13.8. The number of hydrogen-bond donors (Lipinski definition) is 1. The molecule has 1 aromatic carbocycles. The summed E-state index contributed by atoms with van der Waals surface area (Å²) in [6.07, 6.45) is 5.86. The van der Waals surface area contributed by atoms with E-state index in [2.05, 4.69) is 28.8 Å². The van der Waals surface area contributed by atoms with Gasteiger partial charge in [-0.3, -0.25) is 4.98 Å². The molecule has 0 aliphatic carbocycles. The van der Waals surface area contributed by atoms with E-state index >= 15 is 0 Å². The molecule has 2 aromatic heterocycles. The van der Waals surface area contributed by atoms with Crippen LogP contribution in [-0.4, -0.2) is 15.0 Å². The average molecular weight is 330 g/mol. The third-order valence-electron chi connectivity index (χ3n) is 3.73. The monoisotopic (exact) mass is 329 g/mol. The van der Waals surface area contributed by atoms with Crippen molar-refractivity contribution in [2.45, 2.75) is 26.2 Å². The molecule has 0 atom stereocenters. The van der Waals surface area contributed by atoms with Crippen molar-refractivity contribution in [3.63, 3.8) is 0 Å². The minimum absolute atomic E-state index is 0.261. The number of H-pyrrole nitrogens is 1. The number of halogens is 2. The first-order chi connectivity index (χ1) is 11.0. The number of hydrogen-bond acceptors (Lipinski definition) is 2. The second-order valence-electron chi connectivity index (χ2n) is 5.79. The molecule has 0 unspecified atom stereocenters. The quantitative estimate of drug-likeness (QED) is 0.733. The number of imidazole rings is 1. The van der Waals surface area contributed by atoms with Gasteiger partial charge in [0.15, 0.2) is 0 Å². The van der Waals surface area contributed by atoms with E-state index in [1.54, 1.807) is 24.8 Å². The Bertz CT molecular complexity index is 793. The molecule has 1 N–H and O–H groups in total. The number of benzene rings is 1. The molecule has 0 radical (unpaired) electrons. The standard InChI is InChI=1S/C18H17ClFN3/c1-11(2)18-17(8-15-9-21-10-23-15)16(3-4-22-18)12-5-13(19)7-14(20)6-12/h3-7,9-11H,8H2,1-2H3,(H,21,23). The van der Waals surface area contributed by atoms with Crippen LogP contribution in [-0.2, 0) is 6.42 Å². The van der Waals surface area contributed by atoms with E-state index < -0.39 is 0 Å². The molecule has 0 spiro atoms. The van der Waals surface area contributed by atoms with Crippen molar-refractivity contribution in [1.29, 1.82) is 0 Å². The van der Waals surface area contributed by atoms with Gasteiger partial charge in [-0.25, -0.2) is 9.37 Å². The van der Waals surface area contributed by atoms with Crippen molar-refractivity contribution >= 4 is 11.6 Å². The van der Waals surface area contributed by atoms with Crippen LogP contribution in [0, 0.1) is 5.82 Å². The van der Waals surface area contributed by atoms with E-state index in [-0.39, 0.29) is 11.7 Å². The highest BCUT2D eigenvalue weighted by Crippen LogP contribution is 2.32. The molecule has 0 bridgehead atoms. The summed E-state index contributed by atoms with van der Waals surface area (Å²) in [4.78, 5) is 11.7. The maximum Gasteiger partial charge on any atom is 0.125 e. The summed E-state index contributed by atoms with van der Waals surface area (Å²) in [6, 6.07) is 6.50. The first-order valence-corrected chi connectivity index (χ1v) is 7.84. The lowest BCUT2D eigenvalue weighted by molar-refractivity contribution is 0.628. The molecule has 0 fully saturated rings. The molecule has 0 amide bonds. The highest BCUT2D eigenvalue weighted by molar-refractivity contribution is 6.30. The van der Waals surface area contributed by atoms with Crippen molar-refractivity contribution < 1.29 is 4.39 Å². The Morgan fingerprint density at radius 2 is 2.09 bits per heavy atom. The Kier molecular flexibility index (Phi) is 4.44. The fourth-order valence-corrected chi connectivity index (χ4v) is 2.97. The van der Waals surface area contributed by atoms with Gasteiger partial charge in [-0.15, -0.1) is 0 Å². The van der Waals surface area contributed by atoms with Crippen molar-refractivity contribution in [3.05, 3.63) is 70.8 Å². The first kappa shape index (κ1) is 15.7. The van der Waals surface area contributed by atoms with Crippen LogP contribution >= 0.6 is 11.6 Å². The average Bonchev–Trinajstić information content (AvgIpc) is 2.99. The predicted octanol–water partition coefficient (Wildman–Crippen LogP) is 4.98. The molecule has 118 valence electrons.